The van der Waals surface area contributed by atoms with Crippen molar-refractivity contribution in [3.8, 4) is 11.5 Å². The first kappa shape index (κ1) is 13.1. The van der Waals surface area contributed by atoms with E-state index in [0.29, 0.717) is 26.4 Å². The topological polar surface area (TPSA) is 51.6 Å². The lowest BCUT2D eigenvalue weighted by Crippen LogP contribution is -2.02. The van der Waals surface area contributed by atoms with E-state index in [1.165, 1.54) is 17.5 Å². The number of methoxy groups -OCH3 is 2. The van der Waals surface area contributed by atoms with Crippen LogP contribution in [0.2, 0.25) is 4.34 Å². The molecule has 18 heavy (non-hydrogen) atoms. The van der Waals surface area contributed by atoms with E-state index in [1.54, 1.807) is 32.4 Å². The molecule has 1 N–H and O–H groups in total. The summed E-state index contributed by atoms with van der Waals surface area (Å²) in [6.45, 7) is 0. The standard InChI is InChI=1S/C12H12ClNO3S/c1-16-7-3-4-8(9(5-7)17-2)11(15)12-14-6-10(13)18-12/h3-6,11,15H,1-2H3. The van der Waals surface area contributed by atoms with Crippen LogP contribution in [0, 0.1) is 0 Å². The summed E-state index contributed by atoms with van der Waals surface area (Å²) in [5, 5.41) is 10.8. The minimum Gasteiger partial charge on any atom is -0.497 e. The van der Waals surface area contributed by atoms with E-state index in [4.69, 9.17) is 21.1 Å². The number of halogens is 1. The van der Waals surface area contributed by atoms with Gasteiger partial charge in [-0.25, -0.2) is 4.98 Å². The minimum absolute atomic E-state index is 0.531. The maximum absolute atomic E-state index is 10.2. The van der Waals surface area contributed by atoms with Crippen molar-refractivity contribution in [1.29, 1.82) is 0 Å². The summed E-state index contributed by atoms with van der Waals surface area (Å²) in [5.74, 6) is 1.22. The Bertz CT molecular complexity index is 544. The Morgan fingerprint density at radius 3 is 2.67 bits per heavy atom. The maximum atomic E-state index is 10.2. The minimum atomic E-state index is -0.858. The van der Waals surface area contributed by atoms with Crippen molar-refractivity contribution >= 4 is 22.9 Å². The highest BCUT2D eigenvalue weighted by Crippen LogP contribution is 2.35. The second kappa shape index (κ2) is 5.56. The molecule has 0 amide bonds. The van der Waals surface area contributed by atoms with Crippen LogP contribution in [-0.2, 0) is 0 Å². The van der Waals surface area contributed by atoms with Gasteiger partial charge in [0.25, 0.3) is 0 Å². The lowest BCUT2D eigenvalue weighted by atomic mass is 10.1. The summed E-state index contributed by atoms with van der Waals surface area (Å²) in [7, 11) is 3.12. The Morgan fingerprint density at radius 2 is 2.11 bits per heavy atom. The highest BCUT2D eigenvalue weighted by molar-refractivity contribution is 7.15. The van der Waals surface area contributed by atoms with Crippen LogP contribution in [0.4, 0.5) is 0 Å². The van der Waals surface area contributed by atoms with Gasteiger partial charge >= 0.3 is 0 Å². The van der Waals surface area contributed by atoms with Gasteiger partial charge in [-0.05, 0) is 12.1 Å². The largest absolute Gasteiger partial charge is 0.497 e. The van der Waals surface area contributed by atoms with Crippen LogP contribution in [0.5, 0.6) is 11.5 Å². The Balaban J connectivity index is 2.38. The molecule has 1 aromatic heterocycles. The van der Waals surface area contributed by atoms with E-state index in [-0.39, 0.29) is 0 Å². The predicted molar refractivity (Wildman–Crippen MR) is 70.7 cm³/mol. The third kappa shape index (κ3) is 2.58. The third-order valence-corrected chi connectivity index (χ3v) is 3.63. The molecule has 6 heteroatoms. The quantitative estimate of drug-likeness (QED) is 0.938. The summed E-state index contributed by atoms with van der Waals surface area (Å²) >= 11 is 7.04. The maximum Gasteiger partial charge on any atom is 0.134 e. The molecule has 0 aliphatic heterocycles. The van der Waals surface area contributed by atoms with Crippen molar-refractivity contribution in [3.63, 3.8) is 0 Å². The fraction of sp³-hybridized carbons (Fsp3) is 0.250. The van der Waals surface area contributed by atoms with Gasteiger partial charge in [0.1, 0.15) is 26.9 Å². The molecule has 1 atom stereocenters. The van der Waals surface area contributed by atoms with Crippen LogP contribution < -0.4 is 9.47 Å². The molecule has 0 bridgehead atoms. The molecule has 0 aliphatic rings. The van der Waals surface area contributed by atoms with E-state index in [9.17, 15) is 5.11 Å². The number of ether oxygens (including phenoxy) is 2. The Kier molecular flexibility index (Phi) is 4.06. The molecule has 0 spiro atoms. The molecule has 1 unspecified atom stereocenters. The number of nitrogens with zero attached hydrogens (tertiary/aromatic N) is 1. The van der Waals surface area contributed by atoms with E-state index in [2.05, 4.69) is 4.98 Å². The number of aromatic nitrogens is 1. The molecule has 0 fully saturated rings. The van der Waals surface area contributed by atoms with Gasteiger partial charge in [0, 0.05) is 11.6 Å². The van der Waals surface area contributed by atoms with Gasteiger partial charge < -0.3 is 14.6 Å². The van der Waals surface area contributed by atoms with Gasteiger partial charge in [-0.3, -0.25) is 0 Å². The summed E-state index contributed by atoms with van der Waals surface area (Å²) in [6, 6.07) is 5.22. The van der Waals surface area contributed by atoms with Gasteiger partial charge in [0.05, 0.1) is 20.4 Å². The number of hydrogen-bond donors (Lipinski definition) is 1. The molecule has 1 heterocycles. The predicted octanol–water partition coefficient (Wildman–Crippen LogP) is 2.90. The molecule has 0 radical (unpaired) electrons. The average Bonchev–Trinajstić information content (AvgIpc) is 2.83. The zero-order valence-corrected chi connectivity index (χ0v) is 11.5. The van der Waals surface area contributed by atoms with Gasteiger partial charge in [0.2, 0.25) is 0 Å². The van der Waals surface area contributed by atoms with Crippen molar-refractivity contribution in [3.05, 3.63) is 39.3 Å². The molecule has 2 rings (SSSR count). The van der Waals surface area contributed by atoms with Crippen molar-refractivity contribution in [2.24, 2.45) is 0 Å². The monoisotopic (exact) mass is 285 g/mol. The zero-order chi connectivity index (χ0) is 13.1. The van der Waals surface area contributed by atoms with Crippen LogP contribution in [0.1, 0.15) is 16.7 Å². The van der Waals surface area contributed by atoms with Crippen LogP contribution in [-0.4, -0.2) is 24.3 Å². The summed E-state index contributed by atoms with van der Waals surface area (Å²) in [5.41, 5.74) is 0.629. The van der Waals surface area contributed by atoms with Crippen LogP contribution in [0.15, 0.2) is 24.4 Å². The molecular formula is C12H12ClNO3S. The third-order valence-electron chi connectivity index (χ3n) is 2.46. The lowest BCUT2D eigenvalue weighted by Gasteiger charge is -2.13. The number of benzene rings is 1. The van der Waals surface area contributed by atoms with Crippen molar-refractivity contribution < 1.29 is 14.6 Å². The van der Waals surface area contributed by atoms with Crippen LogP contribution >= 0.6 is 22.9 Å². The SMILES string of the molecule is COc1ccc(C(O)c2ncc(Cl)s2)c(OC)c1. The van der Waals surface area contributed by atoms with Crippen molar-refractivity contribution in [2.75, 3.05) is 14.2 Å². The van der Waals surface area contributed by atoms with Gasteiger partial charge in [-0.1, -0.05) is 11.6 Å². The molecular weight excluding hydrogens is 274 g/mol. The summed E-state index contributed by atoms with van der Waals surface area (Å²) in [6.07, 6.45) is 0.657. The summed E-state index contributed by atoms with van der Waals surface area (Å²) < 4.78 is 10.9. The molecule has 4 nitrogen and oxygen atoms in total. The number of aliphatic hydroxyl groups is 1. The molecule has 0 saturated carbocycles. The highest BCUT2D eigenvalue weighted by atomic mass is 35.5. The summed E-state index contributed by atoms with van der Waals surface area (Å²) in [4.78, 5) is 4.06. The zero-order valence-electron chi connectivity index (χ0n) is 9.88. The number of rotatable bonds is 4. The Labute approximate surface area is 114 Å². The highest BCUT2D eigenvalue weighted by Gasteiger charge is 2.19. The second-order valence-corrected chi connectivity index (χ2v) is 5.21. The lowest BCUT2D eigenvalue weighted by molar-refractivity contribution is 0.214. The number of aliphatic hydroxyl groups excluding tert-OH is 1. The van der Waals surface area contributed by atoms with Gasteiger partial charge in [-0.15, -0.1) is 11.3 Å². The molecule has 1 aromatic carbocycles. The van der Waals surface area contributed by atoms with Crippen molar-refractivity contribution in [2.45, 2.75) is 6.10 Å². The smallest absolute Gasteiger partial charge is 0.134 e. The Morgan fingerprint density at radius 1 is 1.33 bits per heavy atom. The fourth-order valence-electron chi connectivity index (χ4n) is 1.57. The molecule has 96 valence electrons. The van der Waals surface area contributed by atoms with Crippen LogP contribution in [0.25, 0.3) is 0 Å². The Hall–Kier alpha value is -1.30. The first-order valence-corrected chi connectivity index (χ1v) is 6.36. The second-order valence-electron chi connectivity index (χ2n) is 3.51. The van der Waals surface area contributed by atoms with E-state index in [1.807, 2.05) is 0 Å². The number of hydrogen-bond acceptors (Lipinski definition) is 5. The first-order chi connectivity index (χ1) is 8.65. The fourth-order valence-corrected chi connectivity index (χ4v) is 2.51. The molecule has 2 aromatic rings. The van der Waals surface area contributed by atoms with E-state index >= 15 is 0 Å². The average molecular weight is 286 g/mol. The van der Waals surface area contributed by atoms with Gasteiger partial charge in [0.15, 0.2) is 0 Å². The van der Waals surface area contributed by atoms with Crippen molar-refractivity contribution in [1.82, 2.24) is 4.98 Å². The number of thiazole rings is 1. The van der Waals surface area contributed by atoms with E-state index < -0.39 is 6.10 Å². The van der Waals surface area contributed by atoms with Gasteiger partial charge in [-0.2, -0.15) is 0 Å². The molecule has 0 aliphatic carbocycles. The van der Waals surface area contributed by atoms with E-state index in [0.717, 1.165) is 0 Å². The first-order valence-electron chi connectivity index (χ1n) is 5.17. The molecule has 0 saturated heterocycles. The van der Waals surface area contributed by atoms with Crippen LogP contribution in [0.3, 0.4) is 0 Å². The normalized spacial score (nSPS) is 12.2.